The van der Waals surface area contributed by atoms with Crippen LogP contribution in [-0.4, -0.2) is 50.1 Å². The molecule has 1 spiro atoms. The van der Waals surface area contributed by atoms with Gasteiger partial charge in [0.25, 0.3) is 0 Å². The van der Waals surface area contributed by atoms with E-state index in [1.54, 1.807) is 0 Å². The number of piperazine rings is 1. The van der Waals surface area contributed by atoms with Gasteiger partial charge in [-0.2, -0.15) is 0 Å². The molecule has 1 unspecified atom stereocenters. The highest BCUT2D eigenvalue weighted by molar-refractivity contribution is 5.83. The highest BCUT2D eigenvalue weighted by Crippen LogP contribution is 2.59. The first kappa shape index (κ1) is 15.0. The molecule has 124 valence electrons. The molecule has 1 aromatic carbocycles. The standard InChI is InChI=1S/C19H27N3O/c1-15-3-2-4-16(13-15)21-9-11-22(12-10-21)18(23)17-14-19(17)5-7-20-8-6-19/h2-4,13,17,20H,5-12,14H2,1H3. The number of carbonyl (C=O) groups excluding carboxylic acids is 1. The summed E-state index contributed by atoms with van der Waals surface area (Å²) in [5.74, 6) is 0.742. The van der Waals surface area contributed by atoms with Crippen LogP contribution < -0.4 is 10.2 Å². The number of carbonyl (C=O) groups is 1. The maximum atomic E-state index is 12.8. The summed E-state index contributed by atoms with van der Waals surface area (Å²) in [4.78, 5) is 17.3. The molecule has 2 aliphatic heterocycles. The zero-order valence-corrected chi connectivity index (χ0v) is 14.1. The van der Waals surface area contributed by atoms with Crippen molar-refractivity contribution in [3.8, 4) is 0 Å². The Labute approximate surface area is 138 Å². The Kier molecular flexibility index (Phi) is 3.80. The molecule has 1 atom stereocenters. The van der Waals surface area contributed by atoms with Gasteiger partial charge in [-0.15, -0.1) is 0 Å². The van der Waals surface area contributed by atoms with E-state index in [0.29, 0.717) is 17.2 Å². The molecule has 2 saturated heterocycles. The van der Waals surface area contributed by atoms with Gasteiger partial charge in [0.1, 0.15) is 0 Å². The lowest BCUT2D eigenvalue weighted by Crippen LogP contribution is -2.49. The molecule has 4 nitrogen and oxygen atoms in total. The Hall–Kier alpha value is -1.55. The van der Waals surface area contributed by atoms with Crippen LogP contribution in [0.4, 0.5) is 5.69 Å². The molecule has 1 aromatic rings. The molecule has 4 heteroatoms. The number of amides is 1. The van der Waals surface area contributed by atoms with Gasteiger partial charge in [-0.1, -0.05) is 12.1 Å². The second kappa shape index (κ2) is 5.82. The summed E-state index contributed by atoms with van der Waals surface area (Å²) in [5, 5.41) is 3.42. The smallest absolute Gasteiger partial charge is 0.226 e. The molecular weight excluding hydrogens is 286 g/mol. The molecule has 1 aliphatic carbocycles. The predicted octanol–water partition coefficient (Wildman–Crippen LogP) is 2.03. The van der Waals surface area contributed by atoms with E-state index < -0.39 is 0 Å². The Morgan fingerprint density at radius 1 is 1.17 bits per heavy atom. The van der Waals surface area contributed by atoms with Crippen LogP contribution in [0.2, 0.25) is 0 Å². The molecular formula is C19H27N3O. The summed E-state index contributed by atoms with van der Waals surface area (Å²) < 4.78 is 0. The minimum Gasteiger partial charge on any atom is -0.368 e. The number of hydrogen-bond donors (Lipinski definition) is 1. The van der Waals surface area contributed by atoms with Gasteiger partial charge in [-0.25, -0.2) is 0 Å². The fourth-order valence-electron chi connectivity index (χ4n) is 4.40. The number of nitrogens with zero attached hydrogens (tertiary/aromatic N) is 2. The van der Waals surface area contributed by atoms with Gasteiger partial charge in [0, 0.05) is 37.8 Å². The van der Waals surface area contributed by atoms with Gasteiger partial charge in [0.15, 0.2) is 0 Å². The molecule has 2 heterocycles. The van der Waals surface area contributed by atoms with Gasteiger partial charge >= 0.3 is 0 Å². The zero-order chi connectivity index (χ0) is 15.9. The molecule has 4 rings (SSSR count). The minimum absolute atomic E-state index is 0.315. The van der Waals surface area contributed by atoms with Crippen LogP contribution in [0.25, 0.3) is 0 Å². The second-order valence-electron chi connectivity index (χ2n) is 7.52. The highest BCUT2D eigenvalue weighted by Gasteiger charge is 2.58. The van der Waals surface area contributed by atoms with E-state index in [-0.39, 0.29) is 0 Å². The average Bonchev–Trinajstić information content (AvgIpc) is 3.28. The Morgan fingerprint density at radius 2 is 1.91 bits per heavy atom. The van der Waals surface area contributed by atoms with Gasteiger partial charge in [0.05, 0.1) is 0 Å². The molecule has 0 radical (unpaired) electrons. The first-order valence-electron chi connectivity index (χ1n) is 8.99. The molecule has 0 bridgehead atoms. The van der Waals surface area contributed by atoms with E-state index in [4.69, 9.17) is 0 Å². The number of piperidine rings is 1. The predicted molar refractivity (Wildman–Crippen MR) is 92.6 cm³/mol. The topological polar surface area (TPSA) is 35.6 Å². The molecule has 23 heavy (non-hydrogen) atoms. The van der Waals surface area contributed by atoms with Crippen molar-refractivity contribution in [3.63, 3.8) is 0 Å². The first-order valence-corrected chi connectivity index (χ1v) is 8.99. The van der Waals surface area contributed by atoms with Crippen molar-refractivity contribution in [1.29, 1.82) is 0 Å². The Balaban J connectivity index is 1.34. The number of rotatable bonds is 2. The van der Waals surface area contributed by atoms with Crippen molar-refractivity contribution in [3.05, 3.63) is 29.8 Å². The number of hydrogen-bond acceptors (Lipinski definition) is 3. The summed E-state index contributed by atoms with van der Waals surface area (Å²) in [6.07, 6.45) is 3.50. The van der Waals surface area contributed by atoms with Crippen LogP contribution in [0.1, 0.15) is 24.8 Å². The van der Waals surface area contributed by atoms with Crippen molar-refractivity contribution in [1.82, 2.24) is 10.2 Å². The second-order valence-corrected chi connectivity index (χ2v) is 7.52. The number of benzene rings is 1. The van der Waals surface area contributed by atoms with Crippen molar-refractivity contribution in [2.24, 2.45) is 11.3 Å². The summed E-state index contributed by atoms with van der Waals surface area (Å²) >= 11 is 0. The van der Waals surface area contributed by atoms with Crippen LogP contribution in [0.15, 0.2) is 24.3 Å². The fourth-order valence-corrected chi connectivity index (χ4v) is 4.40. The van der Waals surface area contributed by atoms with E-state index in [0.717, 1.165) is 45.7 Å². The Morgan fingerprint density at radius 3 is 2.61 bits per heavy atom. The van der Waals surface area contributed by atoms with Crippen LogP contribution in [-0.2, 0) is 4.79 Å². The van der Waals surface area contributed by atoms with E-state index in [2.05, 4.69) is 46.3 Å². The normalized spacial score (nSPS) is 26.4. The third kappa shape index (κ3) is 2.85. The highest BCUT2D eigenvalue weighted by atomic mass is 16.2. The maximum absolute atomic E-state index is 12.8. The summed E-state index contributed by atoms with van der Waals surface area (Å²) in [6, 6.07) is 8.67. The number of anilines is 1. The van der Waals surface area contributed by atoms with E-state index in [9.17, 15) is 4.79 Å². The SMILES string of the molecule is Cc1cccc(N2CCN(C(=O)C3CC34CCNCC4)CC2)c1. The summed E-state index contributed by atoms with van der Waals surface area (Å²) in [6.45, 7) is 7.97. The van der Waals surface area contributed by atoms with Crippen LogP contribution in [0, 0.1) is 18.3 Å². The monoisotopic (exact) mass is 313 g/mol. The third-order valence-corrected chi connectivity index (χ3v) is 6.05. The minimum atomic E-state index is 0.315. The summed E-state index contributed by atoms with van der Waals surface area (Å²) in [7, 11) is 0. The molecule has 1 saturated carbocycles. The molecule has 3 fully saturated rings. The van der Waals surface area contributed by atoms with Crippen LogP contribution in [0.5, 0.6) is 0 Å². The number of aryl methyl sites for hydroxylation is 1. The van der Waals surface area contributed by atoms with Crippen LogP contribution in [0.3, 0.4) is 0 Å². The average molecular weight is 313 g/mol. The van der Waals surface area contributed by atoms with Crippen molar-refractivity contribution >= 4 is 11.6 Å². The van der Waals surface area contributed by atoms with Crippen molar-refractivity contribution < 1.29 is 4.79 Å². The van der Waals surface area contributed by atoms with Gasteiger partial charge < -0.3 is 15.1 Å². The van der Waals surface area contributed by atoms with Crippen LogP contribution >= 0.6 is 0 Å². The fraction of sp³-hybridized carbons (Fsp3) is 0.632. The largest absolute Gasteiger partial charge is 0.368 e. The Bertz CT molecular complexity index is 586. The lowest BCUT2D eigenvalue weighted by Gasteiger charge is -2.37. The third-order valence-electron chi connectivity index (χ3n) is 6.05. The van der Waals surface area contributed by atoms with Gasteiger partial charge in [-0.3, -0.25) is 4.79 Å². The maximum Gasteiger partial charge on any atom is 0.226 e. The quantitative estimate of drug-likeness (QED) is 0.907. The first-order chi connectivity index (χ1) is 11.2. The molecule has 3 aliphatic rings. The molecule has 1 N–H and O–H groups in total. The van der Waals surface area contributed by atoms with Crippen molar-refractivity contribution in [2.45, 2.75) is 26.2 Å². The number of nitrogens with one attached hydrogen (secondary N) is 1. The lowest BCUT2D eigenvalue weighted by atomic mass is 9.91. The van der Waals surface area contributed by atoms with E-state index in [1.807, 2.05) is 0 Å². The molecule has 1 amide bonds. The van der Waals surface area contributed by atoms with E-state index in [1.165, 1.54) is 24.1 Å². The summed E-state index contributed by atoms with van der Waals surface area (Å²) in [5.41, 5.74) is 2.95. The zero-order valence-electron chi connectivity index (χ0n) is 14.1. The lowest BCUT2D eigenvalue weighted by molar-refractivity contribution is -0.133. The molecule has 0 aromatic heterocycles. The van der Waals surface area contributed by atoms with Gasteiger partial charge in [0.2, 0.25) is 5.91 Å². The van der Waals surface area contributed by atoms with Gasteiger partial charge in [-0.05, 0) is 62.4 Å². The van der Waals surface area contributed by atoms with Crippen molar-refractivity contribution in [2.75, 3.05) is 44.2 Å². The van der Waals surface area contributed by atoms with E-state index >= 15 is 0 Å².